The number of amides is 1. The van der Waals surface area contributed by atoms with Crippen molar-refractivity contribution >= 4 is 35.0 Å². The number of nitrogens with one attached hydrogen (secondary N) is 1. The van der Waals surface area contributed by atoms with Crippen LogP contribution < -0.4 is 15.1 Å². The average molecular weight is 362 g/mol. The summed E-state index contributed by atoms with van der Waals surface area (Å²) in [6, 6.07) is 16.0. The van der Waals surface area contributed by atoms with Gasteiger partial charge in [-0.3, -0.25) is 4.79 Å². The summed E-state index contributed by atoms with van der Waals surface area (Å²) in [7, 11) is 0. The Kier molecular flexibility index (Phi) is 5.02. The summed E-state index contributed by atoms with van der Waals surface area (Å²) < 4.78 is 6.07. The van der Waals surface area contributed by atoms with Crippen LogP contribution in [0, 0.1) is 0 Å². The van der Waals surface area contributed by atoms with Gasteiger partial charge in [-0.1, -0.05) is 41.9 Å². The van der Waals surface area contributed by atoms with Crippen molar-refractivity contribution in [2.45, 2.75) is 5.03 Å². The van der Waals surface area contributed by atoms with Crippen molar-refractivity contribution in [1.82, 2.24) is 5.27 Å². The highest BCUT2D eigenvalue weighted by atomic mass is 35.5. The van der Waals surface area contributed by atoms with Crippen LogP contribution in [0.25, 0.3) is 5.69 Å². The third-order valence-corrected chi connectivity index (χ3v) is 4.41. The number of carbonyl (C=O) groups is 1. The highest BCUT2D eigenvalue weighted by Gasteiger charge is 2.22. The molecule has 0 fully saturated rings. The standard InChI is InChI=1S/C16H12ClN3O3S/c17-12-8-4-5-9-13(12)18-14(21)10-24-15-16(22)23-19-20(15)11-6-2-1-3-7-11/h1-9H,10H2,(H-,18,19,21,22). The van der Waals surface area contributed by atoms with Crippen molar-refractivity contribution in [3.63, 3.8) is 0 Å². The number of nitrogens with zero attached hydrogens (tertiary/aromatic N) is 2. The summed E-state index contributed by atoms with van der Waals surface area (Å²) in [6.45, 7) is 0. The summed E-state index contributed by atoms with van der Waals surface area (Å²) in [5.74, 6) is -0.850. The van der Waals surface area contributed by atoms with Crippen molar-refractivity contribution in [3.8, 4) is 11.6 Å². The van der Waals surface area contributed by atoms with Crippen LogP contribution in [-0.2, 0) is 4.79 Å². The molecule has 2 aromatic carbocycles. The zero-order valence-corrected chi connectivity index (χ0v) is 13.9. The van der Waals surface area contributed by atoms with Crippen LogP contribution in [0.15, 0.2) is 64.1 Å². The Morgan fingerprint density at radius 1 is 1.21 bits per heavy atom. The molecule has 0 aliphatic heterocycles. The van der Waals surface area contributed by atoms with Crippen molar-refractivity contribution in [1.29, 1.82) is 0 Å². The summed E-state index contributed by atoms with van der Waals surface area (Å²) >= 11 is 7.05. The van der Waals surface area contributed by atoms with Gasteiger partial charge in [0.1, 0.15) is 0 Å². The Balaban J connectivity index is 1.70. The first-order valence-electron chi connectivity index (χ1n) is 6.97. The monoisotopic (exact) mass is 361 g/mol. The number of aromatic nitrogens is 2. The number of rotatable bonds is 5. The molecule has 3 rings (SSSR count). The number of halogens is 1. The second-order valence-corrected chi connectivity index (χ2v) is 6.10. The van der Waals surface area contributed by atoms with Gasteiger partial charge in [0.15, 0.2) is 5.95 Å². The first-order valence-corrected chi connectivity index (χ1v) is 8.33. The quantitative estimate of drug-likeness (QED) is 0.557. The Hall–Kier alpha value is -2.51. The minimum absolute atomic E-state index is 0.0223. The topological polar surface area (TPSA) is 82.1 Å². The van der Waals surface area contributed by atoms with E-state index in [-0.39, 0.29) is 16.7 Å². The van der Waals surface area contributed by atoms with Gasteiger partial charge in [0.25, 0.3) is 5.03 Å². The van der Waals surface area contributed by atoms with E-state index in [0.717, 1.165) is 11.8 Å². The fraction of sp³-hybridized carbons (Fsp3) is 0.0625. The third-order valence-electron chi connectivity index (χ3n) is 3.06. The zero-order valence-electron chi connectivity index (χ0n) is 12.3. The van der Waals surface area contributed by atoms with Gasteiger partial charge in [0.05, 0.1) is 21.7 Å². The second-order valence-electron chi connectivity index (χ2n) is 4.73. The molecular weight excluding hydrogens is 350 g/mol. The van der Waals surface area contributed by atoms with Crippen molar-refractivity contribution in [3.05, 3.63) is 59.6 Å². The number of hydrogen-bond donors (Lipinski definition) is 1. The van der Waals surface area contributed by atoms with E-state index in [1.807, 2.05) is 18.2 Å². The van der Waals surface area contributed by atoms with Crippen LogP contribution in [0.3, 0.4) is 0 Å². The number of para-hydroxylation sites is 2. The van der Waals surface area contributed by atoms with Crippen molar-refractivity contribution in [2.24, 2.45) is 0 Å². The van der Waals surface area contributed by atoms with Crippen molar-refractivity contribution < 1.29 is 19.1 Å². The predicted molar refractivity (Wildman–Crippen MR) is 88.3 cm³/mol. The average Bonchev–Trinajstić information content (AvgIpc) is 2.97. The maximum atomic E-state index is 12.1. The third kappa shape index (κ3) is 3.69. The lowest BCUT2D eigenvalue weighted by Gasteiger charge is -2.05. The summed E-state index contributed by atoms with van der Waals surface area (Å²) in [4.78, 5) is 12.1. The number of benzene rings is 2. The minimum atomic E-state index is -0.589. The maximum absolute atomic E-state index is 12.1. The number of anilines is 1. The molecule has 3 aromatic rings. The van der Waals surface area contributed by atoms with Gasteiger partial charge >= 0.3 is 0 Å². The molecule has 122 valence electrons. The maximum Gasteiger partial charge on any atom is 0.298 e. The Bertz CT molecular complexity index is 855. The number of thioether (sulfide) groups is 1. The van der Waals surface area contributed by atoms with Gasteiger partial charge in [-0.15, -0.1) is 0 Å². The zero-order chi connectivity index (χ0) is 16.9. The van der Waals surface area contributed by atoms with Gasteiger partial charge in [-0.2, -0.15) is 0 Å². The highest BCUT2D eigenvalue weighted by molar-refractivity contribution is 7.99. The lowest BCUT2D eigenvalue weighted by molar-refractivity contribution is -0.705. The molecule has 1 amide bonds. The highest BCUT2D eigenvalue weighted by Crippen LogP contribution is 2.24. The van der Waals surface area contributed by atoms with E-state index >= 15 is 0 Å². The lowest BCUT2D eigenvalue weighted by atomic mass is 10.3. The molecule has 24 heavy (non-hydrogen) atoms. The largest absolute Gasteiger partial charge is 0.538 e. The fourth-order valence-corrected chi connectivity index (χ4v) is 2.92. The van der Waals surface area contributed by atoms with Gasteiger partial charge in [-0.05, 0) is 28.6 Å². The summed E-state index contributed by atoms with van der Waals surface area (Å²) in [5, 5.41) is 18.9. The number of carbonyl (C=O) groups excluding carboxylic acids is 1. The molecule has 0 saturated heterocycles. The fourth-order valence-electron chi connectivity index (χ4n) is 1.98. The first-order chi connectivity index (χ1) is 11.6. The SMILES string of the molecule is O=C(CSc1c([O-])on[n+]1-c1ccccc1)Nc1ccccc1Cl. The lowest BCUT2D eigenvalue weighted by Crippen LogP contribution is -2.35. The predicted octanol–water partition coefficient (Wildman–Crippen LogP) is 2.41. The van der Waals surface area contributed by atoms with Crippen LogP contribution in [0.4, 0.5) is 5.69 Å². The van der Waals surface area contributed by atoms with E-state index < -0.39 is 5.95 Å². The van der Waals surface area contributed by atoms with Crippen LogP contribution in [0.5, 0.6) is 5.95 Å². The molecular formula is C16H12ClN3O3S. The van der Waals surface area contributed by atoms with Crippen LogP contribution in [0.2, 0.25) is 5.02 Å². The summed E-state index contributed by atoms with van der Waals surface area (Å²) in [6.07, 6.45) is 0. The number of hydrogen-bond acceptors (Lipinski definition) is 5. The molecule has 1 aromatic heterocycles. The Labute approximate surface area is 147 Å². The Morgan fingerprint density at radius 2 is 1.92 bits per heavy atom. The Morgan fingerprint density at radius 3 is 2.67 bits per heavy atom. The molecule has 8 heteroatoms. The second kappa shape index (κ2) is 7.37. The molecule has 0 saturated carbocycles. The van der Waals surface area contributed by atoms with E-state index in [0.29, 0.717) is 16.4 Å². The molecule has 0 radical (unpaired) electrons. The van der Waals surface area contributed by atoms with Gasteiger partial charge in [0, 0.05) is 12.1 Å². The minimum Gasteiger partial charge on any atom is -0.538 e. The van der Waals surface area contributed by atoms with E-state index in [1.165, 1.54) is 4.68 Å². The molecule has 0 aliphatic carbocycles. The molecule has 0 aliphatic rings. The molecule has 0 atom stereocenters. The van der Waals surface area contributed by atoms with Crippen molar-refractivity contribution in [2.75, 3.05) is 11.1 Å². The van der Waals surface area contributed by atoms with Gasteiger partial charge in [-0.25, -0.2) is 0 Å². The van der Waals surface area contributed by atoms with Crippen LogP contribution in [0.1, 0.15) is 0 Å². The summed E-state index contributed by atoms with van der Waals surface area (Å²) in [5.41, 5.74) is 1.20. The van der Waals surface area contributed by atoms with Gasteiger partial charge in [0.2, 0.25) is 11.6 Å². The van der Waals surface area contributed by atoms with Crippen LogP contribution >= 0.6 is 23.4 Å². The smallest absolute Gasteiger partial charge is 0.298 e. The molecule has 0 bridgehead atoms. The van der Waals surface area contributed by atoms with Gasteiger partial charge < -0.3 is 14.9 Å². The molecule has 0 unspecified atom stereocenters. The van der Waals surface area contributed by atoms with E-state index in [1.54, 1.807) is 36.4 Å². The van der Waals surface area contributed by atoms with E-state index in [9.17, 15) is 9.90 Å². The molecule has 1 heterocycles. The van der Waals surface area contributed by atoms with Crippen LogP contribution in [-0.4, -0.2) is 16.9 Å². The normalized spacial score (nSPS) is 10.5. The van der Waals surface area contributed by atoms with E-state index in [4.69, 9.17) is 16.1 Å². The van der Waals surface area contributed by atoms with E-state index in [2.05, 4.69) is 10.6 Å². The molecule has 6 nitrogen and oxygen atoms in total. The first kappa shape index (κ1) is 16.4. The molecule has 1 N–H and O–H groups in total. The molecule has 0 spiro atoms.